The number of esters is 1. The van der Waals surface area contributed by atoms with E-state index in [0.29, 0.717) is 23.7 Å². The SMILES string of the molecule is CC.CC1OC1(C)C.CCC1(COC)COC1.CN1C(=O)C=CC1=O.COC(=O)CN1C(=O)C=CC1=O.COCC1CCC2OC2C1. The average molecular weight is 669 g/mol. The number of nitrogens with zero attached hydrogens (tertiary/aromatic N) is 2. The van der Waals surface area contributed by atoms with Gasteiger partial charge in [-0.2, -0.15) is 0 Å². The maximum absolute atomic E-state index is 10.8. The Kier molecular flexibility index (Phi) is 18.3. The molecule has 4 atom stereocenters. The number of hydrogen-bond acceptors (Lipinski definition) is 11. The Bertz CT molecular complexity index is 1060. The Hall–Kier alpha value is -2.97. The lowest BCUT2D eigenvalue weighted by molar-refractivity contribution is -0.149. The van der Waals surface area contributed by atoms with Crippen LogP contribution in [0, 0.1) is 11.3 Å². The molecule has 1 aliphatic carbocycles. The molecule has 0 bridgehead atoms. The molecule has 6 aliphatic rings. The molecule has 0 aromatic heterocycles. The van der Waals surface area contributed by atoms with Crippen LogP contribution >= 0.6 is 0 Å². The number of methoxy groups -OCH3 is 3. The summed E-state index contributed by atoms with van der Waals surface area (Å²) in [6.45, 7) is 15.7. The van der Waals surface area contributed by atoms with Crippen LogP contribution in [0.3, 0.4) is 0 Å². The molecule has 5 aliphatic heterocycles. The Morgan fingerprint density at radius 2 is 1.40 bits per heavy atom. The second-order valence-corrected chi connectivity index (χ2v) is 12.2. The summed E-state index contributed by atoms with van der Waals surface area (Å²) in [5.74, 6) is -1.28. The highest BCUT2D eigenvalue weighted by Gasteiger charge is 2.44. The molecule has 4 fully saturated rings. The van der Waals surface area contributed by atoms with Gasteiger partial charge >= 0.3 is 5.97 Å². The summed E-state index contributed by atoms with van der Waals surface area (Å²) in [7, 11) is 6.17. The van der Waals surface area contributed by atoms with Crippen LogP contribution in [0.4, 0.5) is 0 Å². The van der Waals surface area contributed by atoms with Gasteiger partial charge in [-0.05, 0) is 52.4 Å². The van der Waals surface area contributed by atoms with Crippen molar-refractivity contribution in [3.8, 4) is 0 Å². The van der Waals surface area contributed by atoms with Crippen molar-refractivity contribution < 1.29 is 52.4 Å². The van der Waals surface area contributed by atoms with Gasteiger partial charge in [-0.1, -0.05) is 20.8 Å². The van der Waals surface area contributed by atoms with Gasteiger partial charge in [-0.3, -0.25) is 33.8 Å². The molecule has 0 radical (unpaired) electrons. The van der Waals surface area contributed by atoms with E-state index in [1.54, 1.807) is 14.2 Å². The lowest BCUT2D eigenvalue weighted by Crippen LogP contribution is -2.45. The minimum absolute atomic E-state index is 0.208. The Morgan fingerprint density at radius 1 is 0.894 bits per heavy atom. The minimum Gasteiger partial charge on any atom is -0.468 e. The van der Waals surface area contributed by atoms with Crippen LogP contribution in [-0.2, 0) is 52.4 Å². The summed E-state index contributed by atoms with van der Waals surface area (Å²) in [5, 5.41) is 0. The van der Waals surface area contributed by atoms with Crippen LogP contribution in [-0.4, -0.2) is 125 Å². The zero-order chi connectivity index (χ0) is 35.8. The first-order valence-corrected chi connectivity index (χ1v) is 16.2. The topological polar surface area (TPSA) is 154 Å². The minimum atomic E-state index is -0.611. The van der Waals surface area contributed by atoms with Gasteiger partial charge in [-0.15, -0.1) is 0 Å². The van der Waals surface area contributed by atoms with E-state index in [4.69, 9.17) is 23.7 Å². The highest BCUT2D eigenvalue weighted by molar-refractivity contribution is 6.14. The van der Waals surface area contributed by atoms with E-state index in [9.17, 15) is 24.0 Å². The molecule has 47 heavy (non-hydrogen) atoms. The zero-order valence-electron chi connectivity index (χ0n) is 29.9. The number of hydrogen-bond donors (Lipinski definition) is 0. The van der Waals surface area contributed by atoms with Crippen LogP contribution in [0.2, 0.25) is 0 Å². The van der Waals surface area contributed by atoms with Crippen molar-refractivity contribution in [1.29, 1.82) is 0 Å². The fourth-order valence-electron chi connectivity index (χ4n) is 4.64. The van der Waals surface area contributed by atoms with Crippen molar-refractivity contribution in [2.45, 2.75) is 91.1 Å². The van der Waals surface area contributed by atoms with Gasteiger partial charge in [0, 0.05) is 57.6 Å². The van der Waals surface area contributed by atoms with E-state index in [1.165, 1.54) is 52.0 Å². The average Bonchev–Trinajstić information content (AvgIpc) is 3.87. The third kappa shape index (κ3) is 14.4. The van der Waals surface area contributed by atoms with Gasteiger partial charge in [0.1, 0.15) is 6.54 Å². The fraction of sp³-hybridized carbons (Fsp3) is 0.735. The maximum Gasteiger partial charge on any atom is 0.325 e. The van der Waals surface area contributed by atoms with Gasteiger partial charge in [0.15, 0.2) is 0 Å². The number of likely N-dealkylation sites (N-methyl/N-ethyl adjacent to an activating group) is 1. The van der Waals surface area contributed by atoms with Crippen molar-refractivity contribution in [2.24, 2.45) is 11.3 Å². The number of rotatable bonds is 7. The molecule has 13 heteroatoms. The van der Waals surface area contributed by atoms with Gasteiger partial charge in [0.25, 0.3) is 23.6 Å². The molecule has 0 aromatic carbocycles. The highest BCUT2D eigenvalue weighted by Crippen LogP contribution is 2.39. The van der Waals surface area contributed by atoms with Crippen molar-refractivity contribution in [1.82, 2.24) is 9.80 Å². The van der Waals surface area contributed by atoms with Crippen LogP contribution in [0.15, 0.2) is 24.3 Å². The molecule has 4 unspecified atom stereocenters. The molecule has 1 saturated carbocycles. The molecule has 4 amide bonds. The van der Waals surface area contributed by atoms with Crippen molar-refractivity contribution in [2.75, 3.05) is 61.3 Å². The Morgan fingerprint density at radius 3 is 1.70 bits per heavy atom. The quantitative estimate of drug-likeness (QED) is 0.223. The molecule has 0 N–H and O–H groups in total. The van der Waals surface area contributed by atoms with E-state index >= 15 is 0 Å². The summed E-state index contributed by atoms with van der Waals surface area (Å²) >= 11 is 0. The van der Waals surface area contributed by atoms with E-state index in [0.717, 1.165) is 54.3 Å². The number of carbonyl (C=O) groups is 5. The van der Waals surface area contributed by atoms with Gasteiger partial charge in [0.05, 0.1) is 50.8 Å². The first-order valence-electron chi connectivity index (χ1n) is 16.2. The van der Waals surface area contributed by atoms with E-state index in [2.05, 4.69) is 32.4 Å². The fourth-order valence-corrected chi connectivity index (χ4v) is 4.64. The van der Waals surface area contributed by atoms with E-state index < -0.39 is 17.8 Å². The number of fused-ring (bicyclic) bond motifs is 1. The number of imide groups is 2. The Labute approximate surface area is 279 Å². The predicted molar refractivity (Wildman–Crippen MR) is 174 cm³/mol. The molecular formula is C34H56N2O11. The smallest absolute Gasteiger partial charge is 0.325 e. The lowest BCUT2D eigenvalue weighted by atomic mass is 9.84. The first kappa shape index (κ1) is 42.1. The van der Waals surface area contributed by atoms with Crippen molar-refractivity contribution in [3.05, 3.63) is 24.3 Å². The summed E-state index contributed by atoms with van der Waals surface area (Å²) in [4.78, 5) is 55.0. The molecule has 6 rings (SSSR count). The summed E-state index contributed by atoms with van der Waals surface area (Å²) < 4.78 is 30.1. The molecule has 0 spiro atoms. The monoisotopic (exact) mass is 668 g/mol. The number of ether oxygens (including phenoxy) is 6. The molecule has 268 valence electrons. The summed E-state index contributed by atoms with van der Waals surface area (Å²) in [6.07, 6.45) is 11.4. The molecule has 3 saturated heterocycles. The predicted octanol–water partition coefficient (Wildman–Crippen LogP) is 3.10. The van der Waals surface area contributed by atoms with Crippen LogP contribution in [0.5, 0.6) is 0 Å². The van der Waals surface area contributed by atoms with Gasteiger partial charge in [-0.25, -0.2) is 0 Å². The molecule has 0 aromatic rings. The third-order valence-corrected chi connectivity index (χ3v) is 8.38. The lowest BCUT2D eigenvalue weighted by Gasteiger charge is -2.39. The van der Waals surface area contributed by atoms with Crippen molar-refractivity contribution in [3.63, 3.8) is 0 Å². The van der Waals surface area contributed by atoms with Crippen LogP contribution < -0.4 is 0 Å². The van der Waals surface area contributed by atoms with Crippen LogP contribution in [0.25, 0.3) is 0 Å². The second kappa shape index (κ2) is 20.4. The van der Waals surface area contributed by atoms with E-state index in [1.807, 2.05) is 13.8 Å². The molecule has 5 heterocycles. The zero-order valence-corrected chi connectivity index (χ0v) is 29.9. The third-order valence-electron chi connectivity index (χ3n) is 8.38. The summed E-state index contributed by atoms with van der Waals surface area (Å²) in [6, 6.07) is 0. The van der Waals surface area contributed by atoms with Crippen LogP contribution in [0.1, 0.15) is 67.2 Å². The largest absolute Gasteiger partial charge is 0.468 e. The maximum atomic E-state index is 10.8. The van der Waals surface area contributed by atoms with Gasteiger partial charge < -0.3 is 28.4 Å². The highest BCUT2D eigenvalue weighted by atomic mass is 16.6. The number of amides is 4. The van der Waals surface area contributed by atoms with E-state index in [-0.39, 0.29) is 24.0 Å². The summed E-state index contributed by atoms with van der Waals surface area (Å²) in [5.41, 5.74) is 0.578. The number of epoxide rings is 2. The molecular weight excluding hydrogens is 612 g/mol. The van der Waals surface area contributed by atoms with Gasteiger partial charge in [0.2, 0.25) is 0 Å². The first-order chi connectivity index (χ1) is 22.2. The number of carbonyl (C=O) groups excluding carboxylic acids is 5. The molecule has 13 nitrogen and oxygen atoms in total. The Balaban J connectivity index is 0.000000294. The standard InChI is InChI=1S/C8H14O2.C7H7NO4.C7H14O2.C5H5NO2.C5H10O.C2H6/c1-9-5-6-2-3-7-8(4-6)10-7;1-12-7(11)4-8-5(9)2-3-6(8)10;1-3-7(4-8-2)5-9-6-7;1-6-4(7)2-3-5(6)8;1-4-5(2,3)6-4;1-2/h6-8H,2-5H2,1H3;2-3H,4H2,1H3;3-6H2,1-2H3;2-3H,1H3;4H,1-3H3;1-2H3. The normalized spacial score (nSPS) is 26.3. The second-order valence-electron chi connectivity index (χ2n) is 12.2. The van der Waals surface area contributed by atoms with Crippen molar-refractivity contribution >= 4 is 29.6 Å².